The summed E-state index contributed by atoms with van der Waals surface area (Å²) in [5.41, 5.74) is 4.71. The van der Waals surface area contributed by atoms with E-state index >= 15 is 0 Å². The van der Waals surface area contributed by atoms with Crippen LogP contribution in [0.3, 0.4) is 0 Å². The summed E-state index contributed by atoms with van der Waals surface area (Å²) in [6.45, 7) is 0.358. The van der Waals surface area contributed by atoms with E-state index in [1.165, 1.54) is 50.9 Å². The molecule has 1 N–H and O–H groups in total. The standard InChI is InChI=1S/C22H23N3O3S3/c26-21(19-7-3-11-25(19)31(27,28)20-8-4-12-29-20)24-22-23-18(14-30-22)17-10-9-15-5-1-2-6-16(15)13-17/h4,8-10,12-14,19H,1-3,5-7,11H2,(H,23,24,26)/t19-/m0/s1. The molecular formula is C22H23N3O3S3. The van der Waals surface area contributed by atoms with Crippen molar-refractivity contribution in [3.63, 3.8) is 0 Å². The molecule has 3 aromatic rings. The smallest absolute Gasteiger partial charge is 0.253 e. The summed E-state index contributed by atoms with van der Waals surface area (Å²) < 4.78 is 27.4. The van der Waals surface area contributed by atoms with Gasteiger partial charge in [0.15, 0.2) is 5.13 Å². The summed E-state index contributed by atoms with van der Waals surface area (Å²) in [7, 11) is -3.65. The van der Waals surface area contributed by atoms with Crippen molar-refractivity contribution >= 4 is 43.7 Å². The Balaban J connectivity index is 1.32. The van der Waals surface area contributed by atoms with E-state index in [4.69, 9.17) is 0 Å². The molecule has 1 atom stereocenters. The number of nitrogens with zero attached hydrogens (tertiary/aromatic N) is 2. The summed E-state index contributed by atoms with van der Waals surface area (Å²) in [4.78, 5) is 17.5. The van der Waals surface area contributed by atoms with E-state index < -0.39 is 16.1 Å². The van der Waals surface area contributed by atoms with Crippen molar-refractivity contribution in [1.82, 2.24) is 9.29 Å². The summed E-state index contributed by atoms with van der Waals surface area (Å²) in [5, 5.41) is 7.02. The van der Waals surface area contributed by atoms with Crippen LogP contribution in [0.15, 0.2) is 45.3 Å². The first kappa shape index (κ1) is 20.8. The highest BCUT2D eigenvalue weighted by atomic mass is 32.2. The van der Waals surface area contributed by atoms with E-state index in [1.807, 2.05) is 5.38 Å². The molecule has 0 bridgehead atoms. The lowest BCUT2D eigenvalue weighted by molar-refractivity contribution is -0.119. The minimum Gasteiger partial charge on any atom is -0.301 e. The molecule has 162 valence electrons. The largest absolute Gasteiger partial charge is 0.301 e. The summed E-state index contributed by atoms with van der Waals surface area (Å²) >= 11 is 2.54. The Labute approximate surface area is 190 Å². The third kappa shape index (κ3) is 4.07. The van der Waals surface area contributed by atoms with E-state index in [-0.39, 0.29) is 10.1 Å². The van der Waals surface area contributed by atoms with Gasteiger partial charge in [0.1, 0.15) is 10.3 Å². The molecule has 0 spiro atoms. The van der Waals surface area contributed by atoms with Gasteiger partial charge in [-0.2, -0.15) is 4.31 Å². The van der Waals surface area contributed by atoms with Crippen LogP contribution in [0.4, 0.5) is 5.13 Å². The number of hydrogen-bond acceptors (Lipinski definition) is 6. The zero-order valence-electron chi connectivity index (χ0n) is 16.9. The number of amides is 1. The van der Waals surface area contributed by atoms with Gasteiger partial charge in [-0.05, 0) is 67.2 Å². The van der Waals surface area contributed by atoms with Crippen LogP contribution in [0.25, 0.3) is 11.3 Å². The van der Waals surface area contributed by atoms with Crippen molar-refractivity contribution in [1.29, 1.82) is 0 Å². The Kier molecular flexibility index (Phi) is 5.68. The van der Waals surface area contributed by atoms with Crippen molar-refractivity contribution < 1.29 is 13.2 Å². The number of rotatable bonds is 5. The van der Waals surface area contributed by atoms with Crippen LogP contribution in [0, 0.1) is 0 Å². The van der Waals surface area contributed by atoms with E-state index in [9.17, 15) is 13.2 Å². The maximum absolute atomic E-state index is 12.9. The first-order valence-electron chi connectivity index (χ1n) is 10.5. The van der Waals surface area contributed by atoms with E-state index in [0.717, 1.165) is 24.1 Å². The van der Waals surface area contributed by atoms with Crippen molar-refractivity contribution in [3.8, 4) is 11.3 Å². The van der Waals surface area contributed by atoms with Crippen LogP contribution < -0.4 is 5.32 Å². The lowest BCUT2D eigenvalue weighted by atomic mass is 9.90. The van der Waals surface area contributed by atoms with Gasteiger partial charge in [-0.1, -0.05) is 18.2 Å². The van der Waals surface area contributed by atoms with Crippen LogP contribution in [0.1, 0.15) is 36.8 Å². The quantitative estimate of drug-likeness (QED) is 0.590. The van der Waals surface area contributed by atoms with Crippen molar-refractivity contribution in [2.24, 2.45) is 0 Å². The van der Waals surface area contributed by atoms with Gasteiger partial charge in [0.05, 0.1) is 5.69 Å². The topological polar surface area (TPSA) is 79.4 Å². The van der Waals surface area contributed by atoms with Gasteiger partial charge in [-0.25, -0.2) is 13.4 Å². The zero-order chi connectivity index (χ0) is 21.4. The third-order valence-electron chi connectivity index (χ3n) is 5.94. The number of thiazole rings is 1. The first-order valence-corrected chi connectivity index (χ1v) is 13.7. The van der Waals surface area contributed by atoms with E-state index in [0.29, 0.717) is 24.5 Å². The highest BCUT2D eigenvalue weighted by Gasteiger charge is 2.40. The highest BCUT2D eigenvalue weighted by molar-refractivity contribution is 7.91. The summed E-state index contributed by atoms with van der Waals surface area (Å²) in [6, 6.07) is 9.08. The third-order valence-corrected chi connectivity index (χ3v) is 9.98. The van der Waals surface area contributed by atoms with Crippen molar-refractivity contribution in [3.05, 3.63) is 52.2 Å². The molecule has 1 saturated heterocycles. The number of aromatic nitrogens is 1. The number of aryl methyl sites for hydroxylation is 2. The molecule has 0 radical (unpaired) electrons. The number of nitrogens with one attached hydrogen (secondary N) is 1. The molecule has 31 heavy (non-hydrogen) atoms. The monoisotopic (exact) mass is 473 g/mol. The Bertz CT molecular complexity index is 1200. The fourth-order valence-corrected chi connectivity index (χ4v) is 7.86. The molecule has 2 aliphatic rings. The van der Waals surface area contributed by atoms with Gasteiger partial charge in [0.25, 0.3) is 10.0 Å². The zero-order valence-corrected chi connectivity index (χ0v) is 19.4. The van der Waals surface area contributed by atoms with Crippen LogP contribution in [0.5, 0.6) is 0 Å². The Morgan fingerprint density at radius 2 is 1.94 bits per heavy atom. The lowest BCUT2D eigenvalue weighted by Gasteiger charge is -2.22. The number of carbonyl (C=O) groups excluding carboxylic acids is 1. The highest BCUT2D eigenvalue weighted by Crippen LogP contribution is 2.32. The van der Waals surface area contributed by atoms with Crippen LogP contribution in [-0.4, -0.2) is 36.2 Å². The van der Waals surface area contributed by atoms with Crippen molar-refractivity contribution in [2.75, 3.05) is 11.9 Å². The first-order chi connectivity index (χ1) is 15.0. The molecule has 2 aromatic heterocycles. The Hall–Kier alpha value is -2.07. The maximum atomic E-state index is 12.9. The van der Waals surface area contributed by atoms with Gasteiger partial charge in [0.2, 0.25) is 5.91 Å². The second-order valence-electron chi connectivity index (χ2n) is 7.92. The molecule has 9 heteroatoms. The molecule has 1 fully saturated rings. The number of carbonyl (C=O) groups is 1. The van der Waals surface area contributed by atoms with E-state index in [2.05, 4.69) is 28.5 Å². The van der Waals surface area contributed by atoms with E-state index in [1.54, 1.807) is 17.5 Å². The molecule has 6 nitrogen and oxygen atoms in total. The molecule has 0 saturated carbocycles. The number of benzene rings is 1. The number of anilines is 1. The summed E-state index contributed by atoms with van der Waals surface area (Å²) in [6.07, 6.45) is 5.90. The predicted octanol–water partition coefficient (Wildman–Crippen LogP) is 4.54. The molecule has 5 rings (SSSR count). The van der Waals surface area contributed by atoms with Crippen LogP contribution in [0.2, 0.25) is 0 Å². The van der Waals surface area contributed by atoms with Gasteiger partial charge in [-0.15, -0.1) is 22.7 Å². The molecule has 1 aliphatic heterocycles. The van der Waals surface area contributed by atoms with Crippen LogP contribution in [-0.2, 0) is 27.7 Å². The maximum Gasteiger partial charge on any atom is 0.253 e. The average Bonchev–Trinajstić information content (AvgIpc) is 3.55. The Morgan fingerprint density at radius 1 is 1.10 bits per heavy atom. The minimum absolute atomic E-state index is 0.274. The van der Waals surface area contributed by atoms with Gasteiger partial charge < -0.3 is 5.32 Å². The summed E-state index contributed by atoms with van der Waals surface area (Å²) in [5.74, 6) is -0.316. The SMILES string of the molecule is O=C(Nc1nc(-c2ccc3c(c2)CCCC3)cs1)[C@@H]1CCCN1S(=O)(=O)c1cccs1. The Morgan fingerprint density at radius 3 is 2.74 bits per heavy atom. The molecule has 1 amide bonds. The van der Waals surface area contributed by atoms with Gasteiger partial charge >= 0.3 is 0 Å². The fourth-order valence-electron chi connectivity index (χ4n) is 4.36. The number of hydrogen-bond donors (Lipinski definition) is 1. The second-order valence-corrected chi connectivity index (χ2v) is 11.8. The molecular weight excluding hydrogens is 450 g/mol. The number of sulfonamides is 1. The molecule has 3 heterocycles. The second kappa shape index (κ2) is 8.46. The van der Waals surface area contributed by atoms with Crippen LogP contribution >= 0.6 is 22.7 Å². The fraction of sp³-hybridized carbons (Fsp3) is 0.364. The molecule has 1 aromatic carbocycles. The number of thiophene rings is 1. The normalized spacial score (nSPS) is 19.3. The minimum atomic E-state index is -3.65. The van der Waals surface area contributed by atoms with Crippen molar-refractivity contribution in [2.45, 2.75) is 48.8 Å². The lowest BCUT2D eigenvalue weighted by Crippen LogP contribution is -2.42. The average molecular weight is 474 g/mol. The van der Waals surface area contributed by atoms with Gasteiger partial charge in [-0.3, -0.25) is 4.79 Å². The molecule has 1 aliphatic carbocycles. The predicted molar refractivity (Wildman–Crippen MR) is 124 cm³/mol. The molecule has 0 unspecified atom stereocenters. The number of fused-ring (bicyclic) bond motifs is 1. The van der Waals surface area contributed by atoms with Gasteiger partial charge in [0, 0.05) is 17.5 Å².